The molecule has 1 aliphatic rings. The first-order chi connectivity index (χ1) is 5.40. The molecule has 2 rings (SSSR count). The highest BCUT2D eigenvalue weighted by molar-refractivity contribution is 5.71. The molecule has 4 nitrogen and oxygen atoms in total. The fourth-order valence-electron chi connectivity index (χ4n) is 0.995. The van der Waals surface area contributed by atoms with E-state index in [9.17, 15) is 4.79 Å². The molecule has 0 aromatic carbocycles. The molecule has 1 aromatic rings. The van der Waals surface area contributed by atoms with Gasteiger partial charge in [-0.2, -0.15) is 5.10 Å². The van der Waals surface area contributed by atoms with E-state index in [1.807, 2.05) is 0 Å². The molecule has 1 aromatic heterocycles. The third kappa shape index (κ3) is 1.05. The first-order valence-electron chi connectivity index (χ1n) is 3.48. The second-order valence-electron chi connectivity index (χ2n) is 2.53. The van der Waals surface area contributed by atoms with Gasteiger partial charge in [-0.1, -0.05) is 0 Å². The number of hydrogen-bond acceptors (Lipinski definition) is 3. The zero-order valence-corrected chi connectivity index (χ0v) is 5.93. The molecule has 1 fully saturated rings. The van der Waals surface area contributed by atoms with Crippen molar-refractivity contribution in [2.75, 3.05) is 13.2 Å². The van der Waals surface area contributed by atoms with Crippen LogP contribution in [0, 0.1) is 0 Å². The molecule has 0 unspecified atom stereocenters. The summed E-state index contributed by atoms with van der Waals surface area (Å²) in [5, 5.41) is 4.02. The zero-order chi connectivity index (χ0) is 7.68. The second kappa shape index (κ2) is 2.47. The van der Waals surface area contributed by atoms with Crippen LogP contribution in [0.1, 0.15) is 16.5 Å². The van der Waals surface area contributed by atoms with Gasteiger partial charge in [0.1, 0.15) is 5.69 Å². The molecule has 0 bridgehead atoms. The van der Waals surface area contributed by atoms with Crippen LogP contribution in [0.5, 0.6) is 0 Å². The molecule has 4 heteroatoms. The van der Waals surface area contributed by atoms with Crippen LogP contribution in [-0.4, -0.2) is 29.3 Å². The van der Waals surface area contributed by atoms with E-state index in [0.29, 0.717) is 24.9 Å². The van der Waals surface area contributed by atoms with Crippen molar-refractivity contribution < 1.29 is 9.53 Å². The van der Waals surface area contributed by atoms with Crippen LogP contribution in [0.2, 0.25) is 0 Å². The van der Waals surface area contributed by atoms with Crippen molar-refractivity contribution in [3.05, 3.63) is 18.0 Å². The van der Waals surface area contributed by atoms with Crippen molar-refractivity contribution in [3.8, 4) is 0 Å². The van der Waals surface area contributed by atoms with Crippen molar-refractivity contribution in [1.29, 1.82) is 0 Å². The molecular weight excluding hydrogens is 144 g/mol. The highest BCUT2D eigenvalue weighted by atomic mass is 16.5. The van der Waals surface area contributed by atoms with E-state index in [2.05, 4.69) is 5.10 Å². The number of aromatic nitrogens is 2. The van der Waals surface area contributed by atoms with Gasteiger partial charge in [0.15, 0.2) is 6.29 Å². The maximum absolute atomic E-state index is 10.2. The number of ether oxygens (including phenoxy) is 1. The number of hydrogen-bond donors (Lipinski definition) is 0. The minimum absolute atomic E-state index is 0.337. The lowest BCUT2D eigenvalue weighted by Gasteiger charge is -2.25. The fraction of sp³-hybridized carbons (Fsp3) is 0.429. The van der Waals surface area contributed by atoms with Crippen LogP contribution in [0.3, 0.4) is 0 Å². The Hall–Kier alpha value is -1.16. The zero-order valence-electron chi connectivity index (χ0n) is 5.93. The maximum Gasteiger partial charge on any atom is 0.170 e. The van der Waals surface area contributed by atoms with Crippen LogP contribution in [0.25, 0.3) is 0 Å². The lowest BCUT2D eigenvalue weighted by atomic mass is 10.3. The summed E-state index contributed by atoms with van der Waals surface area (Å²) in [7, 11) is 0. The van der Waals surface area contributed by atoms with Gasteiger partial charge in [0.25, 0.3) is 0 Å². The summed E-state index contributed by atoms with van der Waals surface area (Å²) in [6.45, 7) is 1.42. The SMILES string of the molecule is O=Cc1ccn(C2COC2)n1. The minimum Gasteiger partial charge on any atom is -0.377 e. The third-order valence-electron chi connectivity index (χ3n) is 1.74. The van der Waals surface area contributed by atoms with E-state index in [-0.39, 0.29) is 0 Å². The lowest BCUT2D eigenvalue weighted by Crippen LogP contribution is -2.30. The van der Waals surface area contributed by atoms with E-state index >= 15 is 0 Å². The molecule has 0 atom stereocenters. The Morgan fingerprint density at radius 2 is 2.55 bits per heavy atom. The Morgan fingerprint density at radius 1 is 1.73 bits per heavy atom. The molecule has 2 heterocycles. The van der Waals surface area contributed by atoms with Crippen molar-refractivity contribution in [2.24, 2.45) is 0 Å². The van der Waals surface area contributed by atoms with Crippen LogP contribution >= 0.6 is 0 Å². The van der Waals surface area contributed by atoms with Gasteiger partial charge in [-0.25, -0.2) is 0 Å². The first kappa shape index (κ1) is 6.54. The summed E-state index contributed by atoms with van der Waals surface area (Å²) >= 11 is 0. The van der Waals surface area contributed by atoms with Crippen LogP contribution < -0.4 is 0 Å². The number of aldehydes is 1. The average molecular weight is 152 g/mol. The van der Waals surface area contributed by atoms with Gasteiger partial charge < -0.3 is 4.74 Å². The highest BCUT2D eigenvalue weighted by Crippen LogP contribution is 2.15. The first-order valence-corrected chi connectivity index (χ1v) is 3.48. The van der Waals surface area contributed by atoms with Gasteiger partial charge in [0.05, 0.1) is 19.3 Å². The molecular formula is C7H8N2O2. The lowest BCUT2D eigenvalue weighted by molar-refractivity contribution is -0.0287. The molecule has 0 radical (unpaired) electrons. The van der Waals surface area contributed by atoms with Crippen molar-refractivity contribution in [3.63, 3.8) is 0 Å². The Balaban J connectivity index is 2.17. The maximum atomic E-state index is 10.2. The summed E-state index contributed by atoms with van der Waals surface area (Å²) in [6.07, 6.45) is 2.55. The topological polar surface area (TPSA) is 44.1 Å². The standard InChI is InChI=1S/C7H8N2O2/c10-3-6-1-2-9(8-6)7-4-11-5-7/h1-3,7H,4-5H2. The van der Waals surface area contributed by atoms with Gasteiger partial charge in [-0.05, 0) is 6.07 Å². The number of carbonyl (C=O) groups excluding carboxylic acids is 1. The molecule has 11 heavy (non-hydrogen) atoms. The Morgan fingerprint density at radius 3 is 3.00 bits per heavy atom. The van der Waals surface area contributed by atoms with Gasteiger partial charge in [-0.15, -0.1) is 0 Å². The second-order valence-corrected chi connectivity index (χ2v) is 2.53. The molecule has 0 aliphatic carbocycles. The molecule has 1 aliphatic heterocycles. The summed E-state index contributed by atoms with van der Waals surface area (Å²) in [5.74, 6) is 0. The van der Waals surface area contributed by atoms with Gasteiger partial charge >= 0.3 is 0 Å². The molecule has 0 spiro atoms. The smallest absolute Gasteiger partial charge is 0.170 e. The predicted molar refractivity (Wildman–Crippen MR) is 37.5 cm³/mol. The Bertz CT molecular complexity index is 265. The summed E-state index contributed by atoms with van der Waals surface area (Å²) < 4.78 is 6.75. The minimum atomic E-state index is 0.337. The Labute approximate surface area is 63.8 Å². The molecule has 58 valence electrons. The van der Waals surface area contributed by atoms with Crippen molar-refractivity contribution in [2.45, 2.75) is 6.04 Å². The number of nitrogens with zero attached hydrogens (tertiary/aromatic N) is 2. The van der Waals surface area contributed by atoms with Crippen LogP contribution in [0.15, 0.2) is 12.3 Å². The molecule has 1 saturated heterocycles. The summed E-state index contributed by atoms with van der Waals surface area (Å²) in [4.78, 5) is 10.2. The third-order valence-corrected chi connectivity index (χ3v) is 1.74. The van der Waals surface area contributed by atoms with Gasteiger partial charge in [0.2, 0.25) is 0 Å². The normalized spacial score (nSPS) is 17.8. The van der Waals surface area contributed by atoms with E-state index in [0.717, 1.165) is 6.29 Å². The predicted octanol–water partition coefficient (Wildman–Crippen LogP) is 0.267. The average Bonchev–Trinajstić information content (AvgIpc) is 2.32. The van der Waals surface area contributed by atoms with E-state index < -0.39 is 0 Å². The van der Waals surface area contributed by atoms with Gasteiger partial charge in [-0.3, -0.25) is 9.48 Å². The number of rotatable bonds is 2. The highest BCUT2D eigenvalue weighted by Gasteiger charge is 2.20. The van der Waals surface area contributed by atoms with E-state index in [4.69, 9.17) is 4.74 Å². The van der Waals surface area contributed by atoms with Crippen LogP contribution in [0.4, 0.5) is 0 Å². The largest absolute Gasteiger partial charge is 0.377 e. The Kier molecular flexibility index (Phi) is 1.47. The quantitative estimate of drug-likeness (QED) is 0.571. The summed E-state index contributed by atoms with van der Waals surface area (Å²) in [5.41, 5.74) is 0.483. The van der Waals surface area contributed by atoms with E-state index in [1.54, 1.807) is 16.9 Å². The van der Waals surface area contributed by atoms with E-state index in [1.165, 1.54) is 0 Å². The fourth-order valence-corrected chi connectivity index (χ4v) is 0.995. The van der Waals surface area contributed by atoms with Crippen molar-refractivity contribution >= 4 is 6.29 Å². The van der Waals surface area contributed by atoms with Crippen LogP contribution in [-0.2, 0) is 4.74 Å². The monoisotopic (exact) mass is 152 g/mol. The summed E-state index contributed by atoms with van der Waals surface area (Å²) in [6, 6.07) is 2.04. The molecule has 0 amide bonds. The molecule has 0 N–H and O–H groups in total. The van der Waals surface area contributed by atoms with Gasteiger partial charge in [0, 0.05) is 6.20 Å². The molecule has 0 saturated carbocycles. The van der Waals surface area contributed by atoms with Crippen molar-refractivity contribution in [1.82, 2.24) is 9.78 Å². The number of carbonyl (C=O) groups is 1.